The van der Waals surface area contributed by atoms with E-state index in [1.165, 1.54) is 0 Å². The third-order valence-corrected chi connectivity index (χ3v) is 8.73. The number of aliphatic imine (C=N–C) groups is 1. The highest BCUT2D eigenvalue weighted by molar-refractivity contribution is 6.54. The van der Waals surface area contributed by atoms with Crippen molar-refractivity contribution in [2.75, 3.05) is 0 Å². The van der Waals surface area contributed by atoms with E-state index in [0.717, 1.165) is 0 Å². The summed E-state index contributed by atoms with van der Waals surface area (Å²) in [7, 11) is 0. The summed E-state index contributed by atoms with van der Waals surface area (Å²) in [6, 6.07) is 32.1. The van der Waals surface area contributed by atoms with E-state index in [1.807, 2.05) is 72.2 Å². The third-order valence-electron chi connectivity index (χ3n) is 8.73. The van der Waals surface area contributed by atoms with Crippen molar-refractivity contribution in [2.45, 2.75) is 13.8 Å². The van der Waals surface area contributed by atoms with Crippen molar-refractivity contribution in [1.29, 1.82) is 0 Å². The van der Waals surface area contributed by atoms with Gasteiger partial charge in [-0.15, -0.1) is 0 Å². The van der Waals surface area contributed by atoms with E-state index in [1.54, 1.807) is 60.0 Å². The normalized spacial score (nSPS) is 15.5. The van der Waals surface area contributed by atoms with E-state index in [-0.39, 0.29) is 44.7 Å². The average molecular weight is 616 g/mol. The topological polar surface area (TPSA) is 116 Å². The predicted molar refractivity (Wildman–Crippen MR) is 182 cm³/mol. The number of fused-ring (bicyclic) bond motifs is 4. The highest BCUT2D eigenvalue weighted by Gasteiger charge is 2.36. The molecule has 1 unspecified atom stereocenters. The zero-order valence-electron chi connectivity index (χ0n) is 25.3. The summed E-state index contributed by atoms with van der Waals surface area (Å²) in [4.78, 5) is 69.8. The lowest BCUT2D eigenvalue weighted by atomic mass is 9.81. The molecule has 0 amide bonds. The number of benzene rings is 5. The Balaban J connectivity index is 1.57. The van der Waals surface area contributed by atoms with Gasteiger partial charge in [-0.3, -0.25) is 28.3 Å². The van der Waals surface area contributed by atoms with Crippen molar-refractivity contribution < 1.29 is 9.59 Å². The first-order valence-corrected chi connectivity index (χ1v) is 15.1. The Morgan fingerprint density at radius 3 is 1.64 bits per heavy atom. The van der Waals surface area contributed by atoms with Gasteiger partial charge in [0.05, 0.1) is 11.6 Å². The number of ketones is 2. The molecule has 47 heavy (non-hydrogen) atoms. The number of para-hydroxylation sites is 2. The van der Waals surface area contributed by atoms with Crippen LogP contribution in [0.15, 0.2) is 124 Å². The summed E-state index contributed by atoms with van der Waals surface area (Å²) in [5.41, 5.74) is 2.29. The maximum Gasteiger partial charge on any atom is 0.214 e. The summed E-state index contributed by atoms with van der Waals surface area (Å²) < 4.78 is 3.54. The molecule has 0 spiro atoms. The van der Waals surface area contributed by atoms with Gasteiger partial charge in [0.2, 0.25) is 16.6 Å². The first-order valence-electron chi connectivity index (χ1n) is 15.1. The second kappa shape index (κ2) is 10.6. The molecule has 226 valence electrons. The first kappa shape index (κ1) is 28.1. The monoisotopic (exact) mass is 615 g/mol. The first-order chi connectivity index (χ1) is 22.8. The molecule has 0 aliphatic heterocycles. The lowest BCUT2D eigenvalue weighted by Crippen LogP contribution is -2.35. The van der Waals surface area contributed by atoms with Gasteiger partial charge in [-0.2, -0.15) is 0 Å². The molecule has 0 bridgehead atoms. The van der Waals surface area contributed by atoms with Gasteiger partial charge in [0.1, 0.15) is 16.7 Å². The van der Waals surface area contributed by atoms with E-state index < -0.39 is 16.8 Å². The summed E-state index contributed by atoms with van der Waals surface area (Å²) in [5, 5.41) is 0.530. The van der Waals surface area contributed by atoms with Crippen molar-refractivity contribution in [2.24, 2.45) is 10.9 Å². The molecular weight excluding hydrogens is 590 g/mol. The van der Waals surface area contributed by atoms with E-state index in [2.05, 4.69) is 0 Å². The lowest BCUT2D eigenvalue weighted by molar-refractivity contribution is 0.0927. The van der Waals surface area contributed by atoms with Crippen molar-refractivity contribution in [3.8, 4) is 11.4 Å². The Hall–Kier alpha value is -6.35. The zero-order chi connectivity index (χ0) is 32.4. The van der Waals surface area contributed by atoms with Crippen LogP contribution in [0.4, 0.5) is 5.82 Å². The van der Waals surface area contributed by atoms with Gasteiger partial charge >= 0.3 is 0 Å². The fourth-order valence-corrected chi connectivity index (χ4v) is 6.38. The maximum absolute atomic E-state index is 13.9. The van der Waals surface area contributed by atoms with Gasteiger partial charge in [-0.05, 0) is 38.1 Å². The third kappa shape index (κ3) is 4.20. The highest BCUT2D eigenvalue weighted by Crippen LogP contribution is 2.34. The number of hydrogen-bond donors (Lipinski definition) is 0. The molecule has 9 heteroatoms. The molecular formula is C38H25N5O4. The van der Waals surface area contributed by atoms with Crippen LogP contribution in [0.1, 0.15) is 33.3 Å². The molecule has 2 heterocycles. The van der Waals surface area contributed by atoms with Gasteiger partial charge in [-0.25, -0.2) is 15.0 Å². The Morgan fingerprint density at radius 2 is 1.06 bits per heavy atom. The second-order valence-corrected chi connectivity index (χ2v) is 11.5. The largest absolute Gasteiger partial charge is 0.293 e. The van der Waals surface area contributed by atoms with Crippen LogP contribution < -0.4 is 10.9 Å². The number of rotatable bonds is 3. The number of nitrogens with zero attached hydrogens (tertiary/aromatic N) is 5. The molecule has 1 atom stereocenters. The van der Waals surface area contributed by atoms with Crippen LogP contribution in [-0.2, 0) is 0 Å². The van der Waals surface area contributed by atoms with Crippen molar-refractivity contribution in [3.63, 3.8) is 0 Å². The van der Waals surface area contributed by atoms with Crippen LogP contribution in [0.2, 0.25) is 0 Å². The summed E-state index contributed by atoms with van der Waals surface area (Å²) in [6.07, 6.45) is 0. The predicted octanol–water partition coefficient (Wildman–Crippen LogP) is 6.33. The van der Waals surface area contributed by atoms with E-state index in [4.69, 9.17) is 15.0 Å². The number of carbonyl (C=O) groups excluding carboxylic acids is 2. The standard InChI is InChI=1S/C38H25N5O4/c1-21-29(33(45)26-18-10-9-17-25(26)32(21)44)39-36-22(2)42(23-13-5-3-6-14-23)37-38(43(36)24-15-7-4-8-16-24)41-31-30(40-37)34(46)27-19-11-12-20-28(27)35(31)47/h3-21H,1-2H3/b39-29+. The number of Topliss-reactive ketones (excluding diaryl/α,β-unsaturated/α-hetero) is 2. The van der Waals surface area contributed by atoms with Crippen LogP contribution in [0.25, 0.3) is 44.5 Å². The molecule has 7 aromatic rings. The Bertz CT molecular complexity index is 2620. The molecule has 0 saturated carbocycles. The molecule has 0 N–H and O–H groups in total. The Labute approximate surface area is 267 Å². The van der Waals surface area contributed by atoms with Crippen LogP contribution >= 0.6 is 0 Å². The molecule has 1 aliphatic carbocycles. The molecule has 9 nitrogen and oxygen atoms in total. The van der Waals surface area contributed by atoms with E-state index >= 15 is 0 Å². The molecule has 2 aromatic heterocycles. The second-order valence-electron chi connectivity index (χ2n) is 11.5. The average Bonchev–Trinajstić information content (AvgIpc) is 3.11. The SMILES string of the molecule is Cc1c(/N=C2/C(=O)c3ccccc3C(=O)C2C)n(-c2ccccc2)c2nc3c(=O)c4ccccc4c(=O)c3nc2n1-c1ccccc1. The van der Waals surface area contributed by atoms with Crippen LogP contribution in [0.5, 0.6) is 0 Å². The van der Waals surface area contributed by atoms with Crippen molar-refractivity contribution in [1.82, 2.24) is 19.1 Å². The fourth-order valence-electron chi connectivity index (χ4n) is 6.38. The minimum absolute atomic E-state index is 0.0396. The number of aromatic nitrogens is 4. The van der Waals surface area contributed by atoms with Crippen molar-refractivity contribution in [3.05, 3.63) is 146 Å². The number of carbonyl (C=O) groups is 2. The maximum atomic E-state index is 13.9. The minimum atomic E-state index is -0.813. The lowest BCUT2D eigenvalue weighted by Gasteiger charge is -2.25. The van der Waals surface area contributed by atoms with Crippen molar-refractivity contribution >= 4 is 56.2 Å². The van der Waals surface area contributed by atoms with Gasteiger partial charge in [0.15, 0.2) is 22.9 Å². The highest BCUT2D eigenvalue weighted by atomic mass is 16.1. The zero-order valence-corrected chi connectivity index (χ0v) is 25.3. The Morgan fingerprint density at radius 1 is 0.596 bits per heavy atom. The summed E-state index contributed by atoms with van der Waals surface area (Å²) >= 11 is 0. The van der Waals surface area contributed by atoms with E-state index in [0.29, 0.717) is 39.7 Å². The molecule has 1 aliphatic rings. The van der Waals surface area contributed by atoms with Crippen LogP contribution in [0.3, 0.4) is 0 Å². The molecule has 0 radical (unpaired) electrons. The van der Waals surface area contributed by atoms with Crippen LogP contribution in [0, 0.1) is 12.8 Å². The van der Waals surface area contributed by atoms with Crippen LogP contribution in [-0.4, -0.2) is 36.4 Å². The summed E-state index contributed by atoms with van der Waals surface area (Å²) in [5.74, 6) is -1.03. The van der Waals surface area contributed by atoms with E-state index in [9.17, 15) is 19.2 Å². The number of hydrogen-bond acceptors (Lipinski definition) is 7. The summed E-state index contributed by atoms with van der Waals surface area (Å²) in [6.45, 7) is 3.52. The van der Waals surface area contributed by atoms with Gasteiger partial charge < -0.3 is 0 Å². The smallest absolute Gasteiger partial charge is 0.214 e. The molecule has 8 rings (SSSR count). The van der Waals surface area contributed by atoms with Gasteiger partial charge in [-0.1, -0.05) is 84.9 Å². The van der Waals surface area contributed by atoms with Gasteiger partial charge in [0.25, 0.3) is 0 Å². The molecule has 0 fully saturated rings. The Kier molecular flexibility index (Phi) is 6.37. The van der Waals surface area contributed by atoms with Gasteiger partial charge in [0, 0.05) is 33.3 Å². The molecule has 0 saturated heterocycles. The fraction of sp³-hybridized carbons (Fsp3) is 0.0789. The molecule has 5 aromatic carbocycles. The quantitative estimate of drug-likeness (QED) is 0.214. The minimum Gasteiger partial charge on any atom is -0.293 e.